The smallest absolute Gasteiger partial charge is 0.238 e. The molecular weight excluding hydrogens is 426 g/mol. The summed E-state index contributed by atoms with van der Waals surface area (Å²) in [4.78, 5) is 26.9. The van der Waals surface area contributed by atoms with Crippen LogP contribution in [-0.4, -0.2) is 30.4 Å². The van der Waals surface area contributed by atoms with Crippen LogP contribution in [0.3, 0.4) is 0 Å². The van der Waals surface area contributed by atoms with Crippen LogP contribution in [0.25, 0.3) is 0 Å². The van der Waals surface area contributed by atoms with E-state index in [1.165, 1.54) is 29.2 Å². The van der Waals surface area contributed by atoms with E-state index in [2.05, 4.69) is 71.0 Å². The number of methoxy groups -OCH3 is 1. The van der Waals surface area contributed by atoms with Crippen LogP contribution < -0.4 is 15.4 Å². The molecule has 0 heterocycles. The van der Waals surface area contributed by atoms with Gasteiger partial charge in [0.15, 0.2) is 0 Å². The molecular formula is C28H31N3O3. The van der Waals surface area contributed by atoms with E-state index in [9.17, 15) is 9.59 Å². The van der Waals surface area contributed by atoms with Crippen molar-refractivity contribution < 1.29 is 14.3 Å². The van der Waals surface area contributed by atoms with E-state index >= 15 is 0 Å². The van der Waals surface area contributed by atoms with E-state index in [0.717, 1.165) is 12.8 Å². The molecule has 3 aromatic rings. The lowest BCUT2D eigenvalue weighted by atomic mass is 10.1. The summed E-state index contributed by atoms with van der Waals surface area (Å²) in [5, 5.41) is 5.74. The van der Waals surface area contributed by atoms with Crippen LogP contribution in [0.15, 0.2) is 66.7 Å². The fourth-order valence-corrected chi connectivity index (χ4v) is 4.58. The first kappa shape index (κ1) is 23.5. The molecule has 0 bridgehead atoms. The molecule has 0 saturated carbocycles. The molecule has 2 N–H and O–H groups in total. The van der Waals surface area contributed by atoms with Gasteiger partial charge in [0.25, 0.3) is 0 Å². The van der Waals surface area contributed by atoms with Gasteiger partial charge in [-0.1, -0.05) is 54.1 Å². The number of amides is 2. The first-order chi connectivity index (χ1) is 16.4. The number of rotatable bonds is 8. The maximum atomic E-state index is 13.2. The first-order valence-corrected chi connectivity index (χ1v) is 11.6. The molecule has 1 unspecified atom stereocenters. The summed E-state index contributed by atoms with van der Waals surface area (Å²) in [6, 6.07) is 22.3. The zero-order valence-electron chi connectivity index (χ0n) is 19.9. The number of aryl methyl sites for hydroxylation is 2. The zero-order valence-corrected chi connectivity index (χ0v) is 19.9. The van der Waals surface area contributed by atoms with E-state index in [4.69, 9.17) is 4.74 Å². The average molecular weight is 458 g/mol. The van der Waals surface area contributed by atoms with E-state index < -0.39 is 0 Å². The number of hydrogen-bond donors (Lipinski definition) is 2. The van der Waals surface area contributed by atoms with E-state index in [-0.39, 0.29) is 24.4 Å². The van der Waals surface area contributed by atoms with Crippen LogP contribution in [0.1, 0.15) is 41.6 Å². The Bertz CT molecular complexity index is 1170. The molecule has 4 rings (SSSR count). The van der Waals surface area contributed by atoms with Gasteiger partial charge in [0, 0.05) is 25.2 Å². The number of carbonyl (C=O) groups excluding carboxylic acids is 2. The molecule has 176 valence electrons. The van der Waals surface area contributed by atoms with Crippen molar-refractivity contribution in [3.63, 3.8) is 0 Å². The Labute approximate surface area is 200 Å². The molecule has 0 fully saturated rings. The molecule has 6 heteroatoms. The lowest BCUT2D eigenvalue weighted by Gasteiger charge is -2.29. The van der Waals surface area contributed by atoms with Crippen LogP contribution >= 0.6 is 0 Å². The number of nitrogens with one attached hydrogen (secondary N) is 2. The first-order valence-electron chi connectivity index (χ1n) is 11.6. The highest BCUT2D eigenvalue weighted by molar-refractivity contribution is 5.96. The Morgan fingerprint density at radius 2 is 1.79 bits per heavy atom. The second-order valence-electron chi connectivity index (χ2n) is 8.79. The molecule has 0 spiro atoms. The fourth-order valence-electron chi connectivity index (χ4n) is 4.58. The molecule has 3 aromatic carbocycles. The van der Waals surface area contributed by atoms with Crippen molar-refractivity contribution in [2.24, 2.45) is 0 Å². The van der Waals surface area contributed by atoms with E-state index in [1.54, 1.807) is 25.3 Å². The van der Waals surface area contributed by atoms with Crippen molar-refractivity contribution in [3.8, 4) is 5.75 Å². The normalized spacial score (nSPS) is 14.5. The molecule has 0 aromatic heterocycles. The summed E-state index contributed by atoms with van der Waals surface area (Å²) in [6.45, 7) is 4.44. The second kappa shape index (κ2) is 10.5. The minimum absolute atomic E-state index is 0.130. The van der Waals surface area contributed by atoms with Crippen molar-refractivity contribution in [2.45, 2.75) is 39.3 Å². The third-order valence-corrected chi connectivity index (χ3v) is 6.19. The molecule has 1 atom stereocenters. The second-order valence-corrected chi connectivity index (χ2v) is 8.79. The van der Waals surface area contributed by atoms with Gasteiger partial charge in [-0.15, -0.1) is 0 Å². The van der Waals surface area contributed by atoms with Gasteiger partial charge < -0.3 is 15.4 Å². The Kier molecular flexibility index (Phi) is 7.28. The maximum Gasteiger partial charge on any atom is 0.238 e. The summed E-state index contributed by atoms with van der Waals surface area (Å²) in [7, 11) is 1.56. The number of nitrogens with zero attached hydrogens (tertiary/aromatic N) is 1. The average Bonchev–Trinajstić information content (AvgIpc) is 3.24. The SMILES string of the molecule is COc1ccc(NC(C)=O)cc1NC(=O)CN(Cc1ccc(C)cc1)C1CCc2ccccc21. The Balaban J connectivity index is 1.56. The quantitative estimate of drug-likeness (QED) is 0.494. The predicted octanol–water partition coefficient (Wildman–Crippen LogP) is 5.09. The van der Waals surface area contributed by atoms with Crippen molar-refractivity contribution in [1.82, 2.24) is 4.90 Å². The van der Waals surface area contributed by atoms with Gasteiger partial charge >= 0.3 is 0 Å². The van der Waals surface area contributed by atoms with Gasteiger partial charge in [-0.05, 0) is 54.7 Å². The summed E-state index contributed by atoms with van der Waals surface area (Å²) >= 11 is 0. The number of hydrogen-bond acceptors (Lipinski definition) is 4. The lowest BCUT2D eigenvalue weighted by molar-refractivity contribution is -0.118. The van der Waals surface area contributed by atoms with Crippen LogP contribution in [0.2, 0.25) is 0 Å². The third-order valence-electron chi connectivity index (χ3n) is 6.19. The number of benzene rings is 3. The van der Waals surface area contributed by atoms with Crippen LogP contribution in [0.5, 0.6) is 5.75 Å². The topological polar surface area (TPSA) is 70.7 Å². The highest BCUT2D eigenvalue weighted by atomic mass is 16.5. The Morgan fingerprint density at radius 3 is 2.53 bits per heavy atom. The summed E-state index contributed by atoms with van der Waals surface area (Å²) in [5.74, 6) is 0.236. The fraction of sp³-hybridized carbons (Fsp3) is 0.286. The van der Waals surface area contributed by atoms with Gasteiger partial charge in [-0.3, -0.25) is 14.5 Å². The number of anilines is 2. The minimum atomic E-state index is -0.174. The minimum Gasteiger partial charge on any atom is -0.495 e. The highest BCUT2D eigenvalue weighted by Gasteiger charge is 2.29. The Hall–Kier alpha value is -3.64. The molecule has 34 heavy (non-hydrogen) atoms. The van der Waals surface area contributed by atoms with Crippen molar-refractivity contribution >= 4 is 23.2 Å². The predicted molar refractivity (Wildman–Crippen MR) is 135 cm³/mol. The van der Waals surface area contributed by atoms with Crippen molar-refractivity contribution in [3.05, 3.63) is 89.0 Å². The standard InChI is InChI=1S/C28H31N3O3/c1-19-8-10-21(11-9-19)17-31(26-14-12-22-6-4-5-7-24(22)26)18-28(33)30-25-16-23(29-20(2)32)13-15-27(25)34-3/h4-11,13,15-16,26H,12,14,17-18H2,1-3H3,(H,29,32)(H,30,33). The molecule has 0 radical (unpaired) electrons. The van der Waals surface area contributed by atoms with Gasteiger partial charge in [0.05, 0.1) is 19.3 Å². The van der Waals surface area contributed by atoms with Crippen LogP contribution in [-0.2, 0) is 22.6 Å². The monoisotopic (exact) mass is 457 g/mol. The van der Waals surface area contributed by atoms with Crippen LogP contribution in [0.4, 0.5) is 11.4 Å². The summed E-state index contributed by atoms with van der Waals surface area (Å²) < 4.78 is 5.42. The highest BCUT2D eigenvalue weighted by Crippen LogP contribution is 2.36. The number of ether oxygens (including phenoxy) is 1. The lowest BCUT2D eigenvalue weighted by Crippen LogP contribution is -2.35. The van der Waals surface area contributed by atoms with Gasteiger partial charge in [-0.2, -0.15) is 0 Å². The molecule has 0 aliphatic heterocycles. The van der Waals surface area contributed by atoms with Crippen molar-refractivity contribution in [2.75, 3.05) is 24.3 Å². The molecule has 1 aliphatic carbocycles. The Morgan fingerprint density at radius 1 is 1.03 bits per heavy atom. The summed E-state index contributed by atoms with van der Waals surface area (Å²) in [6.07, 6.45) is 2.00. The van der Waals surface area contributed by atoms with Crippen molar-refractivity contribution in [1.29, 1.82) is 0 Å². The van der Waals surface area contributed by atoms with Crippen LogP contribution in [0, 0.1) is 6.92 Å². The molecule has 6 nitrogen and oxygen atoms in total. The van der Waals surface area contributed by atoms with E-state index in [1.807, 2.05) is 0 Å². The van der Waals surface area contributed by atoms with Gasteiger partial charge in [0.1, 0.15) is 5.75 Å². The molecule has 2 amide bonds. The molecule has 0 saturated heterocycles. The maximum absolute atomic E-state index is 13.2. The number of carbonyl (C=O) groups is 2. The van der Waals surface area contributed by atoms with Gasteiger partial charge in [-0.25, -0.2) is 0 Å². The summed E-state index contributed by atoms with van der Waals surface area (Å²) in [5.41, 5.74) is 6.17. The zero-order chi connectivity index (χ0) is 24.1. The largest absolute Gasteiger partial charge is 0.495 e. The van der Waals surface area contributed by atoms with Gasteiger partial charge in [0.2, 0.25) is 11.8 Å². The van der Waals surface area contributed by atoms with E-state index in [0.29, 0.717) is 23.7 Å². The molecule has 1 aliphatic rings. The number of fused-ring (bicyclic) bond motifs is 1. The third kappa shape index (κ3) is 5.64.